The van der Waals surface area contributed by atoms with Gasteiger partial charge in [0.05, 0.1) is 11.6 Å². The van der Waals surface area contributed by atoms with Crippen LogP contribution in [0, 0.1) is 11.3 Å². The van der Waals surface area contributed by atoms with E-state index in [0.717, 1.165) is 0 Å². The van der Waals surface area contributed by atoms with Crippen molar-refractivity contribution < 1.29 is 4.79 Å². The number of hydrogen-bond acceptors (Lipinski definition) is 3. The van der Waals surface area contributed by atoms with Crippen LogP contribution in [0.15, 0.2) is 36.5 Å². The Morgan fingerprint density at radius 1 is 1.44 bits per heavy atom. The number of carbonyl (C=O) groups excluding carboxylic acids is 1. The molecule has 18 heavy (non-hydrogen) atoms. The summed E-state index contributed by atoms with van der Waals surface area (Å²) in [5.74, 6) is -0.162. The van der Waals surface area contributed by atoms with Crippen molar-refractivity contribution >= 4 is 11.6 Å². The van der Waals surface area contributed by atoms with Gasteiger partial charge in [-0.1, -0.05) is 6.07 Å². The predicted octanol–water partition coefficient (Wildman–Crippen LogP) is 1.57. The minimum atomic E-state index is -0.162. The summed E-state index contributed by atoms with van der Waals surface area (Å²) in [6, 6.07) is 10.6. The van der Waals surface area contributed by atoms with Crippen LogP contribution in [0.5, 0.6) is 0 Å². The summed E-state index contributed by atoms with van der Waals surface area (Å²) in [5, 5.41) is 12.8. The predicted molar refractivity (Wildman–Crippen MR) is 67.1 cm³/mol. The highest BCUT2D eigenvalue weighted by atomic mass is 16.2. The second-order valence-corrected chi connectivity index (χ2v) is 3.87. The molecule has 5 heteroatoms. The number of nitrogens with zero attached hydrogens (tertiary/aromatic N) is 4. The molecule has 0 aliphatic rings. The lowest BCUT2D eigenvalue weighted by atomic mass is 10.2. The number of amides is 1. The van der Waals surface area contributed by atoms with Gasteiger partial charge in [0, 0.05) is 26.0 Å². The molecular weight excluding hydrogens is 228 g/mol. The fourth-order valence-corrected chi connectivity index (χ4v) is 1.66. The Kier molecular flexibility index (Phi) is 3.11. The third-order valence-electron chi connectivity index (χ3n) is 2.71. The standard InChI is InChI=1S/C13H12N4O/c1-16(11-5-3-4-10(8-11)9-14)13(18)12-6-7-15-17(12)2/h3-8H,1-2H3. The number of aromatic nitrogens is 2. The summed E-state index contributed by atoms with van der Waals surface area (Å²) in [7, 11) is 3.39. The molecule has 0 aliphatic carbocycles. The van der Waals surface area contributed by atoms with E-state index in [-0.39, 0.29) is 5.91 Å². The van der Waals surface area contributed by atoms with Gasteiger partial charge in [0.1, 0.15) is 5.69 Å². The van der Waals surface area contributed by atoms with E-state index < -0.39 is 0 Å². The lowest BCUT2D eigenvalue weighted by Crippen LogP contribution is -2.28. The van der Waals surface area contributed by atoms with Crippen LogP contribution in [0.25, 0.3) is 0 Å². The Morgan fingerprint density at radius 3 is 2.83 bits per heavy atom. The molecule has 0 aliphatic heterocycles. The third-order valence-corrected chi connectivity index (χ3v) is 2.71. The van der Waals surface area contributed by atoms with Crippen molar-refractivity contribution in [2.24, 2.45) is 7.05 Å². The zero-order chi connectivity index (χ0) is 13.1. The highest BCUT2D eigenvalue weighted by Crippen LogP contribution is 2.16. The maximum atomic E-state index is 12.2. The van der Waals surface area contributed by atoms with Gasteiger partial charge in [0.2, 0.25) is 0 Å². The van der Waals surface area contributed by atoms with E-state index >= 15 is 0 Å². The zero-order valence-corrected chi connectivity index (χ0v) is 10.2. The number of hydrogen-bond donors (Lipinski definition) is 0. The van der Waals surface area contributed by atoms with Gasteiger partial charge in [-0.15, -0.1) is 0 Å². The van der Waals surface area contributed by atoms with E-state index in [2.05, 4.69) is 11.2 Å². The topological polar surface area (TPSA) is 61.9 Å². The van der Waals surface area contributed by atoms with Crippen LogP contribution in [0.3, 0.4) is 0 Å². The highest BCUT2D eigenvalue weighted by molar-refractivity contribution is 6.04. The quantitative estimate of drug-likeness (QED) is 0.800. The van der Waals surface area contributed by atoms with Crippen molar-refractivity contribution in [1.82, 2.24) is 9.78 Å². The van der Waals surface area contributed by atoms with E-state index in [9.17, 15) is 4.79 Å². The lowest BCUT2D eigenvalue weighted by Gasteiger charge is -2.17. The molecule has 90 valence electrons. The van der Waals surface area contributed by atoms with Crippen LogP contribution in [0.4, 0.5) is 5.69 Å². The van der Waals surface area contributed by atoms with E-state index in [1.165, 1.54) is 9.58 Å². The fourth-order valence-electron chi connectivity index (χ4n) is 1.66. The number of aryl methyl sites for hydroxylation is 1. The highest BCUT2D eigenvalue weighted by Gasteiger charge is 2.16. The molecule has 0 saturated heterocycles. The van der Waals surface area contributed by atoms with Crippen LogP contribution >= 0.6 is 0 Å². The molecule has 1 amide bonds. The van der Waals surface area contributed by atoms with Gasteiger partial charge >= 0.3 is 0 Å². The smallest absolute Gasteiger partial charge is 0.276 e. The molecule has 1 aromatic heterocycles. The first kappa shape index (κ1) is 11.9. The van der Waals surface area contributed by atoms with Crippen LogP contribution < -0.4 is 4.90 Å². The second kappa shape index (κ2) is 4.72. The summed E-state index contributed by atoms with van der Waals surface area (Å²) >= 11 is 0. The molecule has 5 nitrogen and oxygen atoms in total. The summed E-state index contributed by atoms with van der Waals surface area (Å²) in [5.41, 5.74) is 1.71. The average molecular weight is 240 g/mol. The van der Waals surface area contributed by atoms with Crippen LogP contribution in [-0.2, 0) is 7.05 Å². The molecule has 2 rings (SSSR count). The van der Waals surface area contributed by atoms with Crippen molar-refractivity contribution in [2.75, 3.05) is 11.9 Å². The number of nitriles is 1. The van der Waals surface area contributed by atoms with Crippen molar-refractivity contribution in [3.63, 3.8) is 0 Å². The van der Waals surface area contributed by atoms with Gasteiger partial charge < -0.3 is 4.90 Å². The number of carbonyl (C=O) groups is 1. The van der Waals surface area contributed by atoms with Gasteiger partial charge in [-0.2, -0.15) is 10.4 Å². The molecule has 0 saturated carbocycles. The second-order valence-electron chi connectivity index (χ2n) is 3.87. The summed E-state index contributed by atoms with van der Waals surface area (Å²) in [4.78, 5) is 13.7. The number of rotatable bonds is 2. The Bertz CT molecular complexity index is 624. The molecule has 1 heterocycles. The maximum Gasteiger partial charge on any atom is 0.276 e. The molecule has 0 atom stereocenters. The molecule has 0 bridgehead atoms. The van der Waals surface area contributed by atoms with E-state index in [1.54, 1.807) is 50.6 Å². The first-order valence-electron chi connectivity index (χ1n) is 5.39. The van der Waals surface area contributed by atoms with Crippen molar-refractivity contribution in [3.8, 4) is 6.07 Å². The normalized spacial score (nSPS) is 9.83. The monoisotopic (exact) mass is 240 g/mol. The average Bonchev–Trinajstić information content (AvgIpc) is 2.83. The fraction of sp³-hybridized carbons (Fsp3) is 0.154. The largest absolute Gasteiger partial charge is 0.310 e. The van der Waals surface area contributed by atoms with Crippen molar-refractivity contribution in [3.05, 3.63) is 47.8 Å². The van der Waals surface area contributed by atoms with Gasteiger partial charge in [0.25, 0.3) is 5.91 Å². The molecule has 0 N–H and O–H groups in total. The van der Waals surface area contributed by atoms with E-state index in [0.29, 0.717) is 16.9 Å². The Morgan fingerprint density at radius 2 is 2.22 bits per heavy atom. The van der Waals surface area contributed by atoms with Crippen LogP contribution in [-0.4, -0.2) is 22.7 Å². The molecular formula is C13H12N4O. The SMILES string of the molecule is CN(C(=O)c1ccnn1C)c1cccc(C#N)c1. The molecule has 0 fully saturated rings. The minimum Gasteiger partial charge on any atom is -0.310 e. The minimum absolute atomic E-state index is 0.162. The van der Waals surface area contributed by atoms with E-state index in [1.807, 2.05) is 0 Å². The summed E-state index contributed by atoms with van der Waals surface area (Å²) < 4.78 is 1.52. The first-order chi connectivity index (χ1) is 8.63. The molecule has 2 aromatic rings. The van der Waals surface area contributed by atoms with Crippen molar-refractivity contribution in [2.45, 2.75) is 0 Å². The summed E-state index contributed by atoms with van der Waals surface area (Å²) in [6.07, 6.45) is 1.58. The zero-order valence-electron chi connectivity index (χ0n) is 10.2. The third kappa shape index (κ3) is 2.09. The Hall–Kier alpha value is -2.61. The van der Waals surface area contributed by atoms with E-state index in [4.69, 9.17) is 5.26 Å². The lowest BCUT2D eigenvalue weighted by molar-refractivity contribution is 0.0984. The molecule has 0 spiro atoms. The van der Waals surface area contributed by atoms with Crippen molar-refractivity contribution in [1.29, 1.82) is 5.26 Å². The van der Waals surface area contributed by atoms with Gasteiger partial charge in [-0.3, -0.25) is 9.48 Å². The summed E-state index contributed by atoms with van der Waals surface area (Å²) in [6.45, 7) is 0. The molecule has 1 aromatic carbocycles. The Labute approximate surface area is 105 Å². The molecule has 0 radical (unpaired) electrons. The molecule has 0 unspecified atom stereocenters. The Balaban J connectivity index is 2.32. The van der Waals surface area contributed by atoms with Crippen LogP contribution in [0.1, 0.15) is 16.1 Å². The number of benzene rings is 1. The van der Waals surface area contributed by atoms with Gasteiger partial charge in [-0.25, -0.2) is 0 Å². The van der Waals surface area contributed by atoms with Crippen LogP contribution in [0.2, 0.25) is 0 Å². The number of anilines is 1. The maximum absolute atomic E-state index is 12.2. The van der Waals surface area contributed by atoms with Gasteiger partial charge in [0.15, 0.2) is 0 Å². The van der Waals surface area contributed by atoms with Gasteiger partial charge in [-0.05, 0) is 24.3 Å². The first-order valence-corrected chi connectivity index (χ1v) is 5.39.